The minimum Gasteiger partial charge on any atom is -0.361 e. The van der Waals surface area contributed by atoms with Gasteiger partial charge in [-0.15, -0.1) is 0 Å². The molecule has 0 radical (unpaired) electrons. The summed E-state index contributed by atoms with van der Waals surface area (Å²) in [5, 5.41) is 2.03. The Labute approximate surface area is 165 Å². The van der Waals surface area contributed by atoms with Crippen LogP contribution in [0, 0.1) is 0 Å². The lowest BCUT2D eigenvalue weighted by Gasteiger charge is -2.33. The molecule has 0 aliphatic carbocycles. The van der Waals surface area contributed by atoms with Crippen molar-refractivity contribution in [2.24, 2.45) is 0 Å². The van der Waals surface area contributed by atoms with Crippen molar-refractivity contribution in [1.82, 2.24) is 9.88 Å². The Bertz CT molecular complexity index is 931. The van der Waals surface area contributed by atoms with Gasteiger partial charge in [-0.3, -0.25) is 4.90 Å². The van der Waals surface area contributed by atoms with Crippen molar-refractivity contribution in [2.45, 2.75) is 24.6 Å². The van der Waals surface area contributed by atoms with Crippen molar-refractivity contribution in [3.8, 4) is 0 Å². The third-order valence-electron chi connectivity index (χ3n) is 5.20. The predicted octanol–water partition coefficient (Wildman–Crippen LogP) is 5.80. The molecule has 2 nitrogen and oxygen atoms in total. The first-order chi connectivity index (χ1) is 12.7. The smallest absolute Gasteiger partial charge is 0.0458 e. The molecule has 0 fully saturated rings. The van der Waals surface area contributed by atoms with Gasteiger partial charge in [0.15, 0.2) is 0 Å². The Kier molecular flexibility index (Phi) is 5.39. The number of thiol groups is 1. The van der Waals surface area contributed by atoms with E-state index in [9.17, 15) is 0 Å². The van der Waals surface area contributed by atoms with Crippen molar-refractivity contribution in [1.29, 1.82) is 0 Å². The van der Waals surface area contributed by atoms with E-state index in [0.29, 0.717) is 6.04 Å². The van der Waals surface area contributed by atoms with E-state index in [-0.39, 0.29) is 0 Å². The third-order valence-corrected chi connectivity index (χ3v) is 5.80. The maximum absolute atomic E-state index is 6.24. The van der Waals surface area contributed by atoms with E-state index in [1.165, 1.54) is 22.1 Å². The SMILES string of the molecule is SCc1cccc(CCN2CC=CCC2c2c[nH]c3ccc(Cl)cc23)c1. The number of aromatic nitrogens is 1. The summed E-state index contributed by atoms with van der Waals surface area (Å²) in [6.45, 7) is 2.03. The van der Waals surface area contributed by atoms with Gasteiger partial charge in [0.05, 0.1) is 0 Å². The lowest BCUT2D eigenvalue weighted by atomic mass is 9.97. The van der Waals surface area contributed by atoms with Crippen LogP contribution in [0.5, 0.6) is 0 Å². The Hall–Kier alpha value is -1.68. The Morgan fingerprint density at radius 3 is 2.88 bits per heavy atom. The van der Waals surface area contributed by atoms with Crippen molar-refractivity contribution in [3.63, 3.8) is 0 Å². The van der Waals surface area contributed by atoms with E-state index in [4.69, 9.17) is 11.6 Å². The summed E-state index contributed by atoms with van der Waals surface area (Å²) in [7, 11) is 0. The molecule has 4 rings (SSSR count). The van der Waals surface area contributed by atoms with Crippen LogP contribution in [-0.4, -0.2) is 23.0 Å². The summed E-state index contributed by atoms with van der Waals surface area (Å²) in [6, 6.07) is 15.2. The lowest BCUT2D eigenvalue weighted by molar-refractivity contribution is 0.214. The quantitative estimate of drug-likeness (QED) is 0.422. The van der Waals surface area contributed by atoms with Crippen LogP contribution in [-0.2, 0) is 12.2 Å². The average Bonchev–Trinajstić information content (AvgIpc) is 3.09. The third kappa shape index (κ3) is 3.71. The van der Waals surface area contributed by atoms with E-state index in [2.05, 4.69) is 77.3 Å². The fraction of sp³-hybridized carbons (Fsp3) is 0.273. The molecule has 0 bridgehead atoms. The zero-order valence-corrected chi connectivity index (χ0v) is 16.3. The zero-order chi connectivity index (χ0) is 17.9. The summed E-state index contributed by atoms with van der Waals surface area (Å²) in [6.07, 6.45) is 8.82. The van der Waals surface area contributed by atoms with Crippen LogP contribution in [0.2, 0.25) is 5.02 Å². The molecule has 0 amide bonds. The molecule has 2 heterocycles. The molecule has 0 saturated carbocycles. The Balaban J connectivity index is 1.56. The molecule has 1 unspecified atom stereocenters. The molecule has 134 valence electrons. The summed E-state index contributed by atoms with van der Waals surface area (Å²) in [4.78, 5) is 5.97. The summed E-state index contributed by atoms with van der Waals surface area (Å²) < 4.78 is 0. The number of benzene rings is 2. The molecular formula is C22H23ClN2S. The van der Waals surface area contributed by atoms with E-state index >= 15 is 0 Å². The van der Waals surface area contributed by atoms with Crippen LogP contribution in [0.1, 0.15) is 29.2 Å². The number of H-pyrrole nitrogens is 1. The lowest BCUT2D eigenvalue weighted by Crippen LogP contribution is -2.32. The van der Waals surface area contributed by atoms with Crippen molar-refractivity contribution >= 4 is 35.1 Å². The zero-order valence-electron chi connectivity index (χ0n) is 14.7. The molecule has 1 aromatic heterocycles. The van der Waals surface area contributed by atoms with Gasteiger partial charge in [0.1, 0.15) is 0 Å². The number of fused-ring (bicyclic) bond motifs is 1. The largest absolute Gasteiger partial charge is 0.361 e. The van der Waals surface area contributed by atoms with Crippen LogP contribution >= 0.6 is 24.2 Å². The molecule has 26 heavy (non-hydrogen) atoms. The number of nitrogens with one attached hydrogen (secondary N) is 1. The molecule has 2 aromatic carbocycles. The van der Waals surface area contributed by atoms with Gasteiger partial charge in [0, 0.05) is 47.0 Å². The number of halogens is 1. The van der Waals surface area contributed by atoms with Gasteiger partial charge < -0.3 is 4.98 Å². The first-order valence-corrected chi connectivity index (χ1v) is 10.1. The van der Waals surface area contributed by atoms with Gasteiger partial charge >= 0.3 is 0 Å². The minimum absolute atomic E-state index is 0.389. The maximum Gasteiger partial charge on any atom is 0.0458 e. The van der Waals surface area contributed by atoms with Crippen LogP contribution in [0.25, 0.3) is 10.9 Å². The van der Waals surface area contributed by atoms with Crippen LogP contribution in [0.3, 0.4) is 0 Å². The van der Waals surface area contributed by atoms with E-state index < -0.39 is 0 Å². The predicted molar refractivity (Wildman–Crippen MR) is 114 cm³/mol. The molecule has 1 aliphatic rings. The topological polar surface area (TPSA) is 19.0 Å². The second kappa shape index (κ2) is 7.91. The molecular weight excluding hydrogens is 360 g/mol. The standard InChI is InChI=1S/C22H23ClN2S/c23-18-7-8-21-19(13-18)20(14-24-21)22-6-1-2-10-25(22)11-9-16-4-3-5-17(12-16)15-26/h1-5,7-8,12-14,22,24,26H,6,9-11,15H2. The van der Waals surface area contributed by atoms with Gasteiger partial charge in [-0.05, 0) is 47.7 Å². The first kappa shape index (κ1) is 17.7. The number of hydrogen-bond donors (Lipinski definition) is 2. The number of nitrogens with zero attached hydrogens (tertiary/aromatic N) is 1. The van der Waals surface area contributed by atoms with E-state index in [1.54, 1.807) is 0 Å². The first-order valence-electron chi connectivity index (χ1n) is 9.09. The highest BCUT2D eigenvalue weighted by Gasteiger charge is 2.23. The number of aromatic amines is 1. The number of hydrogen-bond acceptors (Lipinski definition) is 2. The van der Waals surface area contributed by atoms with Gasteiger partial charge in [-0.1, -0.05) is 48.0 Å². The van der Waals surface area contributed by atoms with Gasteiger partial charge in [0.2, 0.25) is 0 Å². The van der Waals surface area contributed by atoms with E-state index in [1.807, 2.05) is 6.07 Å². The molecule has 1 aliphatic heterocycles. The molecule has 1 N–H and O–H groups in total. The van der Waals surface area contributed by atoms with Crippen LogP contribution < -0.4 is 0 Å². The second-order valence-electron chi connectivity index (χ2n) is 6.88. The highest BCUT2D eigenvalue weighted by molar-refractivity contribution is 7.79. The van der Waals surface area contributed by atoms with Crippen LogP contribution in [0.4, 0.5) is 0 Å². The van der Waals surface area contributed by atoms with Gasteiger partial charge in [0.25, 0.3) is 0 Å². The molecule has 0 saturated heterocycles. The second-order valence-corrected chi connectivity index (χ2v) is 7.63. The fourth-order valence-corrected chi connectivity index (χ4v) is 4.20. The van der Waals surface area contributed by atoms with Gasteiger partial charge in [-0.25, -0.2) is 0 Å². The average molecular weight is 383 g/mol. The summed E-state index contributed by atoms with van der Waals surface area (Å²) in [5.74, 6) is 0.791. The maximum atomic E-state index is 6.24. The highest BCUT2D eigenvalue weighted by atomic mass is 35.5. The summed E-state index contributed by atoms with van der Waals surface area (Å²) in [5.41, 5.74) is 5.16. The molecule has 4 heteroatoms. The van der Waals surface area contributed by atoms with Gasteiger partial charge in [-0.2, -0.15) is 12.6 Å². The number of rotatable bonds is 5. The summed E-state index contributed by atoms with van der Waals surface area (Å²) >= 11 is 10.6. The fourth-order valence-electron chi connectivity index (χ4n) is 3.83. The minimum atomic E-state index is 0.389. The van der Waals surface area contributed by atoms with Crippen molar-refractivity contribution in [3.05, 3.63) is 82.5 Å². The molecule has 3 aromatic rings. The highest BCUT2D eigenvalue weighted by Crippen LogP contribution is 2.34. The van der Waals surface area contributed by atoms with Crippen LogP contribution in [0.15, 0.2) is 60.8 Å². The van der Waals surface area contributed by atoms with Crippen molar-refractivity contribution < 1.29 is 0 Å². The van der Waals surface area contributed by atoms with E-state index in [0.717, 1.165) is 42.2 Å². The molecule has 0 spiro atoms. The Morgan fingerprint density at radius 1 is 1.12 bits per heavy atom. The normalized spacial score (nSPS) is 17.8. The van der Waals surface area contributed by atoms with Crippen molar-refractivity contribution in [2.75, 3.05) is 13.1 Å². The Morgan fingerprint density at radius 2 is 2.00 bits per heavy atom. The molecule has 1 atom stereocenters. The monoisotopic (exact) mass is 382 g/mol.